The molecule has 0 aromatic carbocycles. The highest BCUT2D eigenvalue weighted by Gasteiger charge is 2.50. The monoisotopic (exact) mass is 229 g/mol. The second-order valence-electron chi connectivity index (χ2n) is 5.07. The van der Waals surface area contributed by atoms with Gasteiger partial charge in [-0.1, -0.05) is 17.8 Å². The van der Waals surface area contributed by atoms with Crippen molar-refractivity contribution < 1.29 is 9.31 Å². The number of nitrogens with zero attached hydrogens (tertiary/aromatic N) is 1. The summed E-state index contributed by atoms with van der Waals surface area (Å²) < 4.78 is 11.5. The molecule has 2 rings (SSSR count). The van der Waals surface area contributed by atoms with Crippen LogP contribution in [0.1, 0.15) is 33.4 Å². The fourth-order valence-corrected chi connectivity index (χ4v) is 1.47. The van der Waals surface area contributed by atoms with E-state index in [0.29, 0.717) is 0 Å². The van der Waals surface area contributed by atoms with Gasteiger partial charge < -0.3 is 9.31 Å². The number of aromatic nitrogens is 1. The van der Waals surface area contributed by atoms with Crippen LogP contribution in [-0.2, 0) is 9.31 Å². The average molecular weight is 229 g/mol. The quantitative estimate of drug-likeness (QED) is 0.504. The molecular weight excluding hydrogens is 213 g/mol. The Labute approximate surface area is 103 Å². The Balaban J connectivity index is 2.11. The van der Waals surface area contributed by atoms with Crippen LogP contribution in [-0.4, -0.2) is 23.3 Å². The highest BCUT2D eigenvalue weighted by molar-refractivity contribution is 6.55. The smallest absolute Gasteiger partial charge is 0.392 e. The molecule has 0 spiro atoms. The van der Waals surface area contributed by atoms with E-state index >= 15 is 0 Å². The van der Waals surface area contributed by atoms with Crippen molar-refractivity contribution in [1.29, 1.82) is 0 Å². The van der Waals surface area contributed by atoms with Gasteiger partial charge in [0.25, 0.3) is 0 Å². The molecule has 2 heterocycles. The second kappa shape index (κ2) is 4.17. The Kier molecular flexibility index (Phi) is 2.99. The van der Waals surface area contributed by atoms with Gasteiger partial charge in [-0.15, -0.1) is 0 Å². The molecule has 1 aromatic heterocycles. The van der Waals surface area contributed by atoms with Gasteiger partial charge in [-0.05, 0) is 39.8 Å². The molecule has 4 heteroatoms. The summed E-state index contributed by atoms with van der Waals surface area (Å²) in [4.78, 5) is 4.13. The summed E-state index contributed by atoms with van der Waals surface area (Å²) in [6.07, 6.45) is 1.72. The lowest BCUT2D eigenvalue weighted by atomic mass is 9.90. The Morgan fingerprint density at radius 3 is 2.29 bits per heavy atom. The predicted octanol–water partition coefficient (Wildman–Crippen LogP) is 2.06. The first-order valence-corrected chi connectivity index (χ1v) is 5.69. The third kappa shape index (κ3) is 2.51. The summed E-state index contributed by atoms with van der Waals surface area (Å²) in [7, 11) is -0.484. The lowest BCUT2D eigenvalue weighted by molar-refractivity contribution is 0.00578. The molecule has 0 aliphatic carbocycles. The van der Waals surface area contributed by atoms with Crippen molar-refractivity contribution in [3.63, 3.8) is 0 Å². The largest absolute Gasteiger partial charge is 0.551 e. The van der Waals surface area contributed by atoms with Crippen LogP contribution in [0.15, 0.2) is 24.4 Å². The zero-order chi connectivity index (χ0) is 12.5. The van der Waals surface area contributed by atoms with Crippen molar-refractivity contribution in [3.05, 3.63) is 30.1 Å². The van der Waals surface area contributed by atoms with E-state index in [4.69, 9.17) is 9.31 Å². The Morgan fingerprint density at radius 2 is 1.76 bits per heavy atom. The van der Waals surface area contributed by atoms with Gasteiger partial charge in [0.05, 0.1) is 11.2 Å². The third-order valence-corrected chi connectivity index (χ3v) is 3.24. The van der Waals surface area contributed by atoms with E-state index in [1.807, 2.05) is 45.9 Å². The maximum absolute atomic E-state index is 5.76. The predicted molar refractivity (Wildman–Crippen MR) is 67.2 cm³/mol. The van der Waals surface area contributed by atoms with Gasteiger partial charge in [0.1, 0.15) is 5.69 Å². The van der Waals surface area contributed by atoms with E-state index < -0.39 is 7.12 Å². The van der Waals surface area contributed by atoms with E-state index in [0.717, 1.165) is 5.69 Å². The molecule has 1 aliphatic heterocycles. The highest BCUT2D eigenvalue weighted by Crippen LogP contribution is 2.36. The summed E-state index contributed by atoms with van der Waals surface area (Å²) in [6, 6.07) is 5.62. The van der Waals surface area contributed by atoms with Gasteiger partial charge in [0.15, 0.2) is 0 Å². The van der Waals surface area contributed by atoms with Gasteiger partial charge in [0.2, 0.25) is 0 Å². The first-order valence-electron chi connectivity index (χ1n) is 5.69. The van der Waals surface area contributed by atoms with Crippen molar-refractivity contribution in [3.8, 4) is 11.7 Å². The molecule has 1 saturated heterocycles. The Hall–Kier alpha value is -1.31. The third-order valence-electron chi connectivity index (χ3n) is 3.24. The molecule has 88 valence electrons. The number of hydrogen-bond donors (Lipinski definition) is 0. The standard InChI is InChI=1S/C13H16BNO2/c1-12(2)13(3,4)17-14(16-12)9-8-11-7-5-6-10-15-11/h5-7,10H,1-4H3. The van der Waals surface area contributed by atoms with Crippen LogP contribution in [0.2, 0.25) is 0 Å². The molecule has 0 N–H and O–H groups in total. The fourth-order valence-electron chi connectivity index (χ4n) is 1.47. The molecule has 0 atom stereocenters. The number of hydrogen-bond acceptors (Lipinski definition) is 3. The summed E-state index contributed by atoms with van der Waals surface area (Å²) >= 11 is 0. The van der Waals surface area contributed by atoms with Crippen LogP contribution < -0.4 is 0 Å². The summed E-state index contributed by atoms with van der Waals surface area (Å²) in [5.74, 6) is 5.90. The zero-order valence-electron chi connectivity index (χ0n) is 10.7. The van der Waals surface area contributed by atoms with Gasteiger partial charge in [0, 0.05) is 6.20 Å². The van der Waals surface area contributed by atoms with Gasteiger partial charge in [-0.3, -0.25) is 0 Å². The van der Waals surface area contributed by atoms with Gasteiger partial charge in [-0.2, -0.15) is 0 Å². The van der Waals surface area contributed by atoms with E-state index in [-0.39, 0.29) is 11.2 Å². The minimum absolute atomic E-state index is 0.337. The molecular formula is C13H16BNO2. The molecule has 0 amide bonds. The molecule has 1 aromatic rings. The Bertz CT molecular complexity index is 443. The maximum atomic E-state index is 5.76. The van der Waals surface area contributed by atoms with E-state index in [2.05, 4.69) is 16.7 Å². The van der Waals surface area contributed by atoms with Crippen LogP contribution >= 0.6 is 0 Å². The van der Waals surface area contributed by atoms with Crippen LogP contribution in [0.3, 0.4) is 0 Å². The fraction of sp³-hybridized carbons (Fsp3) is 0.462. The molecule has 0 bridgehead atoms. The van der Waals surface area contributed by atoms with Gasteiger partial charge in [-0.25, -0.2) is 4.98 Å². The molecule has 0 radical (unpaired) electrons. The minimum atomic E-state index is -0.484. The molecule has 0 saturated carbocycles. The second-order valence-corrected chi connectivity index (χ2v) is 5.07. The summed E-state index contributed by atoms with van der Waals surface area (Å²) in [6.45, 7) is 8.04. The molecule has 3 nitrogen and oxygen atoms in total. The number of rotatable bonds is 0. The summed E-state index contributed by atoms with van der Waals surface area (Å²) in [5, 5.41) is 0. The number of pyridine rings is 1. The van der Waals surface area contributed by atoms with Crippen LogP contribution in [0.4, 0.5) is 0 Å². The lowest BCUT2D eigenvalue weighted by Gasteiger charge is -2.32. The van der Waals surface area contributed by atoms with Crippen molar-refractivity contribution in [2.24, 2.45) is 0 Å². The van der Waals surface area contributed by atoms with E-state index in [1.54, 1.807) is 6.20 Å². The van der Waals surface area contributed by atoms with Crippen LogP contribution in [0, 0.1) is 11.7 Å². The van der Waals surface area contributed by atoms with Gasteiger partial charge >= 0.3 is 7.12 Å². The van der Waals surface area contributed by atoms with Crippen molar-refractivity contribution in [1.82, 2.24) is 4.98 Å². The topological polar surface area (TPSA) is 31.4 Å². The molecule has 1 aliphatic rings. The average Bonchev–Trinajstić information content (AvgIpc) is 2.46. The first kappa shape index (κ1) is 12.2. The first-order chi connectivity index (χ1) is 7.91. The maximum Gasteiger partial charge on any atom is 0.551 e. The van der Waals surface area contributed by atoms with Crippen molar-refractivity contribution in [2.75, 3.05) is 0 Å². The Morgan fingerprint density at radius 1 is 1.12 bits per heavy atom. The SMILES string of the molecule is CC1(C)OB(C#Cc2ccccn2)OC1(C)C. The van der Waals surface area contributed by atoms with E-state index in [1.165, 1.54) is 0 Å². The van der Waals surface area contributed by atoms with Crippen LogP contribution in [0.5, 0.6) is 0 Å². The zero-order valence-corrected chi connectivity index (χ0v) is 10.7. The molecule has 17 heavy (non-hydrogen) atoms. The molecule has 1 fully saturated rings. The summed E-state index contributed by atoms with van der Waals surface area (Å²) in [5.41, 5.74) is 0.0506. The minimum Gasteiger partial charge on any atom is -0.392 e. The van der Waals surface area contributed by atoms with E-state index in [9.17, 15) is 0 Å². The van der Waals surface area contributed by atoms with Crippen molar-refractivity contribution >= 4 is 7.12 Å². The lowest BCUT2D eigenvalue weighted by Crippen LogP contribution is -2.41. The van der Waals surface area contributed by atoms with Crippen molar-refractivity contribution in [2.45, 2.75) is 38.9 Å². The normalized spacial score (nSPS) is 20.8. The van der Waals surface area contributed by atoms with Crippen LogP contribution in [0.25, 0.3) is 0 Å². The highest BCUT2D eigenvalue weighted by atomic mass is 16.7. The molecule has 0 unspecified atom stereocenters.